The van der Waals surface area contributed by atoms with E-state index in [0.717, 1.165) is 30.8 Å². The summed E-state index contributed by atoms with van der Waals surface area (Å²) < 4.78 is 5.17. The van der Waals surface area contributed by atoms with Crippen molar-refractivity contribution in [2.24, 2.45) is 0 Å². The van der Waals surface area contributed by atoms with E-state index in [0.29, 0.717) is 25.9 Å². The monoisotopic (exact) mass is 464 g/mol. The van der Waals surface area contributed by atoms with Crippen LogP contribution in [0.15, 0.2) is 48.5 Å². The molecule has 2 saturated heterocycles. The van der Waals surface area contributed by atoms with Crippen molar-refractivity contribution < 1.29 is 14.3 Å². The zero-order valence-corrected chi connectivity index (χ0v) is 20.4. The molecule has 182 valence electrons. The molecule has 2 aromatic rings. The summed E-state index contributed by atoms with van der Waals surface area (Å²) >= 11 is 0. The van der Waals surface area contributed by atoms with Crippen LogP contribution in [0.25, 0.3) is 0 Å². The number of amides is 2. The van der Waals surface area contributed by atoms with Gasteiger partial charge in [-0.3, -0.25) is 19.4 Å². The lowest BCUT2D eigenvalue weighted by Crippen LogP contribution is -2.49. The first-order chi connectivity index (χ1) is 16.4. The molecular weight excluding hydrogens is 428 g/mol. The first-order valence-electron chi connectivity index (χ1n) is 12.1. The summed E-state index contributed by atoms with van der Waals surface area (Å²) in [5.41, 5.74) is 3.51. The summed E-state index contributed by atoms with van der Waals surface area (Å²) in [6, 6.07) is 16.4. The van der Waals surface area contributed by atoms with Crippen molar-refractivity contribution in [3.05, 3.63) is 65.2 Å². The lowest BCUT2D eigenvalue weighted by atomic mass is 10.0. The molecule has 2 aliphatic rings. The molecule has 0 radical (unpaired) electrons. The third-order valence-corrected chi connectivity index (χ3v) is 7.21. The quantitative estimate of drug-likeness (QED) is 0.628. The molecule has 0 aliphatic carbocycles. The molecule has 2 aromatic carbocycles. The molecule has 2 amide bonds. The summed E-state index contributed by atoms with van der Waals surface area (Å²) in [7, 11) is 3.74. The smallest absolute Gasteiger partial charge is 0.239 e. The number of carbonyl (C=O) groups excluding carboxylic acids is 2. The lowest BCUT2D eigenvalue weighted by Gasteiger charge is -2.33. The summed E-state index contributed by atoms with van der Waals surface area (Å²) in [4.78, 5) is 30.1. The van der Waals surface area contributed by atoms with Crippen molar-refractivity contribution in [2.45, 2.75) is 57.4 Å². The number of aryl methyl sites for hydroxylation is 1. The van der Waals surface area contributed by atoms with Crippen LogP contribution in [0.3, 0.4) is 0 Å². The number of ether oxygens (including phenoxy) is 1. The Morgan fingerprint density at radius 2 is 1.82 bits per heavy atom. The van der Waals surface area contributed by atoms with Crippen LogP contribution in [-0.4, -0.2) is 67.0 Å². The fourth-order valence-electron chi connectivity index (χ4n) is 5.08. The summed E-state index contributed by atoms with van der Waals surface area (Å²) in [5.74, 6) is 0.938. The second-order valence-electron chi connectivity index (χ2n) is 9.48. The van der Waals surface area contributed by atoms with E-state index in [9.17, 15) is 9.59 Å². The van der Waals surface area contributed by atoms with Crippen molar-refractivity contribution in [2.75, 3.05) is 27.2 Å². The molecule has 2 fully saturated rings. The molecule has 0 aromatic heterocycles. The molecule has 3 unspecified atom stereocenters. The number of rotatable bonds is 8. The molecule has 4 rings (SSSR count). The van der Waals surface area contributed by atoms with Gasteiger partial charge in [0.1, 0.15) is 11.8 Å². The van der Waals surface area contributed by atoms with Crippen molar-refractivity contribution in [1.29, 1.82) is 0 Å². The molecule has 2 heterocycles. The normalized spacial score (nSPS) is 23.1. The van der Waals surface area contributed by atoms with Crippen molar-refractivity contribution in [3.63, 3.8) is 0 Å². The number of nitrogens with one attached hydrogen (secondary N) is 2. The number of carbonyl (C=O) groups is 2. The Morgan fingerprint density at radius 1 is 1.12 bits per heavy atom. The number of likely N-dealkylation sites (tertiary alicyclic amines) is 1. The van der Waals surface area contributed by atoms with Gasteiger partial charge in [0, 0.05) is 44.7 Å². The Bertz CT molecular complexity index is 976. The molecule has 2 N–H and O–H groups in total. The van der Waals surface area contributed by atoms with E-state index in [1.54, 1.807) is 7.11 Å². The average molecular weight is 465 g/mol. The number of hydrogen-bond acceptors (Lipinski definition) is 5. The van der Waals surface area contributed by atoms with E-state index in [1.807, 2.05) is 24.3 Å². The van der Waals surface area contributed by atoms with Gasteiger partial charge in [0.05, 0.1) is 7.11 Å². The Hall–Kier alpha value is -2.90. The third kappa shape index (κ3) is 5.77. The summed E-state index contributed by atoms with van der Waals surface area (Å²) in [6.45, 7) is 4.84. The zero-order valence-electron chi connectivity index (χ0n) is 20.4. The van der Waals surface area contributed by atoms with E-state index in [-0.39, 0.29) is 29.9 Å². The lowest BCUT2D eigenvalue weighted by molar-refractivity contribution is -0.126. The maximum atomic E-state index is 13.0. The highest BCUT2D eigenvalue weighted by atomic mass is 16.5. The Labute approximate surface area is 202 Å². The Balaban J connectivity index is 1.30. The van der Waals surface area contributed by atoms with Crippen LogP contribution in [0.5, 0.6) is 5.75 Å². The van der Waals surface area contributed by atoms with Gasteiger partial charge in [-0.15, -0.1) is 0 Å². The standard InChI is InChI=1S/C27H36N4O3/c1-19-4-6-21(7-5-19)18-31-15-14-24-26(31)27(33)29-17-22(30(24)2)10-13-25(32)28-16-20-8-11-23(34-3)12-9-20/h4-9,11-12,22,24,26H,10,13-18H2,1-3H3,(H,28,32)(H,29,33). The second-order valence-corrected chi connectivity index (χ2v) is 9.48. The molecule has 0 spiro atoms. The van der Waals surface area contributed by atoms with Crippen molar-refractivity contribution in [1.82, 2.24) is 20.4 Å². The van der Waals surface area contributed by atoms with Crippen LogP contribution >= 0.6 is 0 Å². The predicted molar refractivity (Wildman–Crippen MR) is 132 cm³/mol. The van der Waals surface area contributed by atoms with Gasteiger partial charge in [0.25, 0.3) is 0 Å². The summed E-state index contributed by atoms with van der Waals surface area (Å²) in [5, 5.41) is 6.15. The highest BCUT2D eigenvalue weighted by Crippen LogP contribution is 2.28. The SMILES string of the molecule is COc1ccc(CNC(=O)CCC2CNC(=O)C3C(CCN3Cc3ccc(C)cc3)N2C)cc1. The first-order valence-corrected chi connectivity index (χ1v) is 12.1. The van der Waals surface area contributed by atoms with Gasteiger partial charge in [0.15, 0.2) is 0 Å². The summed E-state index contributed by atoms with van der Waals surface area (Å²) in [6.07, 6.45) is 2.11. The fourth-order valence-corrected chi connectivity index (χ4v) is 5.08. The highest BCUT2D eigenvalue weighted by Gasteiger charge is 2.44. The molecule has 7 nitrogen and oxygen atoms in total. The fraction of sp³-hybridized carbons (Fsp3) is 0.481. The molecule has 34 heavy (non-hydrogen) atoms. The predicted octanol–water partition coefficient (Wildman–Crippen LogP) is 2.47. The van der Waals surface area contributed by atoms with Gasteiger partial charge in [0.2, 0.25) is 11.8 Å². The van der Waals surface area contributed by atoms with Gasteiger partial charge in [-0.1, -0.05) is 42.0 Å². The van der Waals surface area contributed by atoms with Gasteiger partial charge in [-0.2, -0.15) is 0 Å². The zero-order chi connectivity index (χ0) is 24.1. The maximum Gasteiger partial charge on any atom is 0.239 e. The van der Waals surface area contributed by atoms with E-state index in [1.165, 1.54) is 11.1 Å². The van der Waals surface area contributed by atoms with E-state index >= 15 is 0 Å². The van der Waals surface area contributed by atoms with E-state index in [2.05, 4.69) is 58.7 Å². The number of hydrogen-bond donors (Lipinski definition) is 2. The third-order valence-electron chi connectivity index (χ3n) is 7.21. The van der Waals surface area contributed by atoms with Crippen LogP contribution in [0, 0.1) is 6.92 Å². The largest absolute Gasteiger partial charge is 0.497 e. The number of methoxy groups -OCH3 is 1. The highest BCUT2D eigenvalue weighted by molar-refractivity contribution is 5.83. The van der Waals surface area contributed by atoms with Gasteiger partial charge in [-0.05, 0) is 50.1 Å². The minimum absolute atomic E-state index is 0.0313. The van der Waals surface area contributed by atoms with Crippen LogP contribution in [0.4, 0.5) is 0 Å². The number of nitrogens with zero attached hydrogens (tertiary/aromatic N) is 2. The van der Waals surface area contributed by atoms with E-state index < -0.39 is 0 Å². The van der Waals surface area contributed by atoms with Crippen LogP contribution < -0.4 is 15.4 Å². The number of benzene rings is 2. The molecule has 0 saturated carbocycles. The molecular formula is C27H36N4O3. The maximum absolute atomic E-state index is 13.0. The van der Waals surface area contributed by atoms with Crippen LogP contribution in [0.1, 0.15) is 36.0 Å². The first kappa shape index (κ1) is 24.2. The van der Waals surface area contributed by atoms with Gasteiger partial charge < -0.3 is 15.4 Å². The minimum Gasteiger partial charge on any atom is -0.497 e. The number of fused-ring (bicyclic) bond motifs is 1. The molecule has 3 atom stereocenters. The second kappa shape index (κ2) is 11.0. The van der Waals surface area contributed by atoms with Crippen molar-refractivity contribution in [3.8, 4) is 5.75 Å². The Morgan fingerprint density at radius 3 is 2.53 bits per heavy atom. The van der Waals surface area contributed by atoms with Gasteiger partial charge >= 0.3 is 0 Å². The topological polar surface area (TPSA) is 73.9 Å². The van der Waals surface area contributed by atoms with Crippen molar-refractivity contribution >= 4 is 11.8 Å². The van der Waals surface area contributed by atoms with Gasteiger partial charge in [-0.25, -0.2) is 0 Å². The van der Waals surface area contributed by atoms with E-state index in [4.69, 9.17) is 4.74 Å². The van der Waals surface area contributed by atoms with Crippen LogP contribution in [-0.2, 0) is 22.7 Å². The number of likely N-dealkylation sites (N-methyl/N-ethyl adjacent to an activating group) is 1. The Kier molecular flexibility index (Phi) is 7.85. The molecule has 7 heteroatoms. The molecule has 2 aliphatic heterocycles. The minimum atomic E-state index is -0.153. The van der Waals surface area contributed by atoms with Crippen LogP contribution in [0.2, 0.25) is 0 Å². The average Bonchev–Trinajstić information content (AvgIpc) is 3.22. The molecule has 0 bridgehead atoms.